The van der Waals surface area contributed by atoms with E-state index in [-0.39, 0.29) is 19.3 Å². The van der Waals surface area contributed by atoms with Crippen LogP contribution in [0.2, 0.25) is 0 Å². The lowest BCUT2D eigenvalue weighted by molar-refractivity contribution is -0.150. The molecule has 1 unspecified atom stereocenters. The first-order valence-electron chi connectivity index (χ1n) is 10.2. The minimum Gasteiger partial charge on any atom is -0.448 e. The molecule has 5 N–H and O–H groups in total. The topological polar surface area (TPSA) is 115 Å². The van der Waals surface area contributed by atoms with Gasteiger partial charge in [0, 0.05) is 17.8 Å². The second-order valence-corrected chi connectivity index (χ2v) is 7.54. The van der Waals surface area contributed by atoms with Crippen molar-refractivity contribution >= 4 is 17.7 Å². The lowest BCUT2D eigenvalue weighted by Crippen LogP contribution is -2.54. The third-order valence-electron chi connectivity index (χ3n) is 5.10. The van der Waals surface area contributed by atoms with Crippen LogP contribution in [0.25, 0.3) is 0 Å². The van der Waals surface area contributed by atoms with E-state index >= 15 is 0 Å². The summed E-state index contributed by atoms with van der Waals surface area (Å²) in [4.78, 5) is 23.1. The van der Waals surface area contributed by atoms with Crippen LogP contribution in [-0.4, -0.2) is 62.2 Å². The predicted octanol–water partition coefficient (Wildman–Crippen LogP) is 2.08. The lowest BCUT2D eigenvalue weighted by Gasteiger charge is -2.35. The summed E-state index contributed by atoms with van der Waals surface area (Å²) in [5.74, 6) is -0.889. The number of rotatable bonds is 8. The first-order valence-corrected chi connectivity index (χ1v) is 10.2. The number of morpholine rings is 1. The Balaban J connectivity index is 1.82. The lowest BCUT2D eigenvalue weighted by atomic mass is 10.0. The molecule has 0 aromatic heterocycles. The number of alkyl carbamates (subject to hydrolysis) is 1. The van der Waals surface area contributed by atoms with E-state index in [4.69, 9.17) is 15.2 Å². The number of amides is 2. The predicted molar refractivity (Wildman–Crippen MR) is 109 cm³/mol. The Labute approximate surface area is 183 Å². The van der Waals surface area contributed by atoms with E-state index in [9.17, 15) is 27.2 Å². The van der Waals surface area contributed by atoms with E-state index in [1.165, 1.54) is 12.1 Å². The highest BCUT2D eigenvalue weighted by Crippen LogP contribution is 2.23. The van der Waals surface area contributed by atoms with Crippen LogP contribution in [-0.2, 0) is 20.7 Å². The Morgan fingerprint density at radius 3 is 2.72 bits per heavy atom. The van der Waals surface area contributed by atoms with E-state index in [2.05, 4.69) is 10.6 Å². The molecule has 0 aliphatic carbocycles. The average molecular weight is 464 g/mol. The highest BCUT2D eigenvalue weighted by molar-refractivity contribution is 5.92. The number of hydrogen-bond donors (Lipinski definition) is 4. The number of alkyl halides is 3. The molecule has 1 heterocycles. The molecule has 8 nitrogen and oxygen atoms in total. The van der Waals surface area contributed by atoms with Crippen molar-refractivity contribution in [1.82, 2.24) is 10.6 Å². The fraction of sp³-hybridized carbons (Fsp3) is 0.600. The highest BCUT2D eigenvalue weighted by Gasteiger charge is 2.37. The Kier molecular flexibility index (Phi) is 9.22. The molecule has 2 amide bonds. The Morgan fingerprint density at radius 1 is 1.38 bits per heavy atom. The van der Waals surface area contributed by atoms with E-state index < -0.39 is 42.2 Å². The van der Waals surface area contributed by atoms with Gasteiger partial charge in [-0.2, -0.15) is 13.2 Å². The summed E-state index contributed by atoms with van der Waals surface area (Å²) in [6.45, 7) is 2.53. The molecule has 0 saturated carbocycles. The number of benzene rings is 1. The number of carbonyl (C=O) groups is 2. The second-order valence-electron chi connectivity index (χ2n) is 7.54. The van der Waals surface area contributed by atoms with Gasteiger partial charge in [0.1, 0.15) is 18.5 Å². The van der Waals surface area contributed by atoms with E-state index in [0.717, 1.165) is 6.92 Å². The smallest absolute Gasteiger partial charge is 0.408 e. The molecule has 1 aliphatic heterocycles. The number of nitrogens with one attached hydrogen (secondary N) is 3. The van der Waals surface area contributed by atoms with Gasteiger partial charge in [0.2, 0.25) is 5.91 Å². The zero-order valence-electron chi connectivity index (χ0n) is 17.8. The fourth-order valence-electron chi connectivity index (χ4n) is 3.16. The van der Waals surface area contributed by atoms with E-state index in [1.54, 1.807) is 18.3 Å². The molecular weight excluding hydrogens is 436 g/mol. The summed E-state index contributed by atoms with van der Waals surface area (Å²) in [5, 5.41) is 7.42. The van der Waals surface area contributed by atoms with Gasteiger partial charge >= 0.3 is 12.3 Å². The van der Waals surface area contributed by atoms with E-state index in [1.807, 2.05) is 0 Å². The monoisotopic (exact) mass is 464 g/mol. The number of anilines is 1. The highest BCUT2D eigenvalue weighted by atomic mass is 19.4. The first kappa shape index (κ1) is 25.8. The number of nitrogens with two attached hydrogens (primary N) is 1. The van der Waals surface area contributed by atoms with Crippen molar-refractivity contribution < 1.29 is 36.6 Å². The van der Waals surface area contributed by atoms with Crippen molar-refractivity contribution in [3.8, 4) is 0 Å². The summed E-state index contributed by atoms with van der Waals surface area (Å²) in [6, 6.07) is 1.94. The van der Waals surface area contributed by atoms with Gasteiger partial charge in [-0.1, -0.05) is 6.07 Å². The SMILES string of the molecule is CC(NC(=O)OC[C@H]1NC[C@@H](CCc2c(F)cccc2NC(=O)CN)O[C@H]1C)C(F)(F)F. The van der Waals surface area contributed by atoms with Gasteiger partial charge in [0.05, 0.1) is 24.8 Å². The van der Waals surface area contributed by atoms with Crippen LogP contribution in [0.4, 0.5) is 28.0 Å². The number of hydrogen-bond acceptors (Lipinski definition) is 6. The maximum Gasteiger partial charge on any atom is 0.408 e. The minimum absolute atomic E-state index is 0.174. The zero-order chi connectivity index (χ0) is 23.9. The van der Waals surface area contributed by atoms with Crippen LogP contribution in [0.3, 0.4) is 0 Å². The molecule has 2 rings (SSSR count). The van der Waals surface area contributed by atoms with Crippen molar-refractivity contribution in [2.45, 2.75) is 57.2 Å². The van der Waals surface area contributed by atoms with E-state index in [0.29, 0.717) is 30.6 Å². The third kappa shape index (κ3) is 7.61. The molecule has 1 saturated heterocycles. The standard InChI is InChI=1S/C20H28F4N4O4/c1-11-17(10-31-19(30)27-12(2)20(22,23)24)26-9-13(32-11)6-7-14-15(21)4-3-5-16(14)28-18(29)8-25/h3-5,11-13,17,26H,6-10,25H2,1-2H3,(H,27,30)(H,28,29)/t11-,12?,13+,17+/m0/s1. The molecule has 12 heteroatoms. The van der Waals surface area contributed by atoms with Crippen LogP contribution in [0.5, 0.6) is 0 Å². The largest absolute Gasteiger partial charge is 0.448 e. The first-order chi connectivity index (χ1) is 15.0. The zero-order valence-corrected chi connectivity index (χ0v) is 17.8. The van der Waals surface area contributed by atoms with Crippen molar-refractivity contribution in [1.29, 1.82) is 0 Å². The normalized spacial score (nSPS) is 22.2. The number of ether oxygens (including phenoxy) is 2. The van der Waals surface area contributed by atoms with Gasteiger partial charge in [-0.3, -0.25) is 4.79 Å². The molecule has 1 fully saturated rings. The van der Waals surface area contributed by atoms with Crippen LogP contribution < -0.4 is 21.7 Å². The summed E-state index contributed by atoms with van der Waals surface area (Å²) >= 11 is 0. The second kappa shape index (κ2) is 11.4. The van der Waals surface area contributed by atoms with Gasteiger partial charge in [0.25, 0.3) is 0 Å². The average Bonchev–Trinajstić information content (AvgIpc) is 2.71. The Morgan fingerprint density at radius 2 is 2.09 bits per heavy atom. The molecule has 0 bridgehead atoms. The van der Waals surface area contributed by atoms with Gasteiger partial charge in [-0.25, -0.2) is 9.18 Å². The molecule has 180 valence electrons. The summed E-state index contributed by atoms with van der Waals surface area (Å²) in [6.07, 6.45) is -5.67. The molecule has 4 atom stereocenters. The summed E-state index contributed by atoms with van der Waals surface area (Å²) in [5.41, 5.74) is 5.98. The number of carbonyl (C=O) groups excluding carboxylic acids is 2. The Bertz CT molecular complexity index is 793. The quantitative estimate of drug-likeness (QED) is 0.438. The van der Waals surface area contributed by atoms with Crippen LogP contribution in [0, 0.1) is 5.82 Å². The summed E-state index contributed by atoms with van der Waals surface area (Å²) < 4.78 is 62.5. The molecule has 1 aromatic rings. The van der Waals surface area contributed by atoms with Crippen molar-refractivity contribution in [3.63, 3.8) is 0 Å². The third-order valence-corrected chi connectivity index (χ3v) is 5.10. The van der Waals surface area contributed by atoms with Gasteiger partial charge in [-0.15, -0.1) is 0 Å². The van der Waals surface area contributed by atoms with Crippen molar-refractivity contribution in [2.24, 2.45) is 5.73 Å². The molecular formula is C20H28F4N4O4. The molecule has 1 aromatic carbocycles. The van der Waals surface area contributed by atoms with Crippen LogP contribution in [0.15, 0.2) is 18.2 Å². The maximum absolute atomic E-state index is 14.3. The van der Waals surface area contributed by atoms with Crippen molar-refractivity contribution in [3.05, 3.63) is 29.6 Å². The maximum atomic E-state index is 14.3. The van der Waals surface area contributed by atoms with Crippen molar-refractivity contribution in [2.75, 3.05) is 25.0 Å². The molecule has 0 spiro atoms. The minimum atomic E-state index is -4.56. The fourth-order valence-corrected chi connectivity index (χ4v) is 3.16. The molecule has 0 radical (unpaired) electrons. The van der Waals surface area contributed by atoms with Gasteiger partial charge in [0.15, 0.2) is 0 Å². The molecule has 32 heavy (non-hydrogen) atoms. The molecule has 1 aliphatic rings. The van der Waals surface area contributed by atoms with Crippen LogP contribution >= 0.6 is 0 Å². The summed E-state index contributed by atoms with van der Waals surface area (Å²) in [7, 11) is 0. The van der Waals surface area contributed by atoms with Gasteiger partial charge < -0.3 is 31.2 Å². The van der Waals surface area contributed by atoms with Crippen LogP contribution in [0.1, 0.15) is 25.8 Å². The Hall–Kier alpha value is -2.44. The number of halogens is 4. The van der Waals surface area contributed by atoms with Gasteiger partial charge in [-0.05, 0) is 38.8 Å².